The molecule has 1 aliphatic heterocycles. The van der Waals surface area contributed by atoms with Crippen molar-refractivity contribution in [2.24, 2.45) is 5.92 Å². The van der Waals surface area contributed by atoms with Gasteiger partial charge in [0.2, 0.25) is 0 Å². The lowest BCUT2D eigenvalue weighted by molar-refractivity contribution is 0.0746. The van der Waals surface area contributed by atoms with Gasteiger partial charge in [-0.15, -0.1) is 0 Å². The molecule has 5 nitrogen and oxygen atoms in total. The van der Waals surface area contributed by atoms with Gasteiger partial charge in [-0.1, -0.05) is 26.0 Å². The quantitative estimate of drug-likeness (QED) is 0.819. The molecule has 5 heteroatoms. The van der Waals surface area contributed by atoms with Crippen LogP contribution in [-0.2, 0) is 0 Å². The molecule has 1 saturated heterocycles. The van der Waals surface area contributed by atoms with E-state index < -0.39 is 0 Å². The first-order valence-electron chi connectivity index (χ1n) is 10.3. The van der Waals surface area contributed by atoms with Gasteiger partial charge in [-0.05, 0) is 55.5 Å². The van der Waals surface area contributed by atoms with Gasteiger partial charge >= 0.3 is 0 Å². The number of rotatable bonds is 6. The Hall–Kier alpha value is -2.56. The van der Waals surface area contributed by atoms with Gasteiger partial charge in [-0.2, -0.15) is 0 Å². The molecule has 3 rings (SSSR count). The lowest BCUT2D eigenvalue weighted by Gasteiger charge is -2.37. The summed E-state index contributed by atoms with van der Waals surface area (Å²) in [5.41, 5.74) is 4.63. The van der Waals surface area contributed by atoms with Crippen LogP contribution in [0.2, 0.25) is 0 Å². The van der Waals surface area contributed by atoms with E-state index in [2.05, 4.69) is 61.1 Å². The van der Waals surface area contributed by atoms with Gasteiger partial charge in [0, 0.05) is 50.2 Å². The molecule has 1 aliphatic rings. The molecule has 0 saturated carbocycles. The largest absolute Gasteiger partial charge is 0.370 e. The first kappa shape index (κ1) is 20.2. The number of nitrogens with zero attached hydrogens (tertiary/aromatic N) is 3. The first-order valence-corrected chi connectivity index (χ1v) is 10.3. The number of hydrogen-bond donors (Lipinski definition) is 1. The van der Waals surface area contributed by atoms with Crippen molar-refractivity contribution in [2.45, 2.75) is 34.1 Å². The SMILES string of the molecule is Cc1cccc(N2CCN(C(=O)c3ccnc(NCCC(C)C)c3)CC2)c1C. The predicted octanol–water partition coefficient (Wildman–Crippen LogP) is 4.12. The van der Waals surface area contributed by atoms with E-state index >= 15 is 0 Å². The lowest BCUT2D eigenvalue weighted by atomic mass is 10.1. The maximum absolute atomic E-state index is 13.0. The number of pyridine rings is 1. The molecule has 1 fully saturated rings. The van der Waals surface area contributed by atoms with Gasteiger partial charge in [0.1, 0.15) is 5.82 Å². The molecular formula is C23H32N4O. The van der Waals surface area contributed by atoms with Crippen LogP contribution in [0.3, 0.4) is 0 Å². The van der Waals surface area contributed by atoms with E-state index in [0.29, 0.717) is 11.5 Å². The Bertz CT molecular complexity index is 810. The second-order valence-electron chi connectivity index (χ2n) is 8.04. The normalized spacial score (nSPS) is 14.5. The molecule has 28 heavy (non-hydrogen) atoms. The van der Waals surface area contributed by atoms with E-state index in [0.717, 1.165) is 45.0 Å². The number of anilines is 2. The molecule has 0 unspecified atom stereocenters. The van der Waals surface area contributed by atoms with Crippen molar-refractivity contribution in [3.8, 4) is 0 Å². The fourth-order valence-electron chi connectivity index (χ4n) is 3.56. The van der Waals surface area contributed by atoms with Crippen LogP contribution in [0.25, 0.3) is 0 Å². The van der Waals surface area contributed by atoms with Gasteiger partial charge in [-0.25, -0.2) is 4.98 Å². The summed E-state index contributed by atoms with van der Waals surface area (Å²) < 4.78 is 0. The van der Waals surface area contributed by atoms with Crippen LogP contribution in [-0.4, -0.2) is 48.5 Å². The van der Waals surface area contributed by atoms with Crippen LogP contribution in [0.5, 0.6) is 0 Å². The van der Waals surface area contributed by atoms with E-state index in [9.17, 15) is 4.79 Å². The van der Waals surface area contributed by atoms with Crippen molar-refractivity contribution in [1.29, 1.82) is 0 Å². The number of aryl methyl sites for hydroxylation is 1. The topological polar surface area (TPSA) is 48.5 Å². The zero-order valence-corrected chi connectivity index (χ0v) is 17.5. The van der Waals surface area contributed by atoms with Gasteiger partial charge in [0.25, 0.3) is 5.91 Å². The Balaban J connectivity index is 1.60. The molecule has 1 aromatic carbocycles. The van der Waals surface area contributed by atoms with E-state index in [1.807, 2.05) is 17.0 Å². The number of amides is 1. The molecule has 2 aromatic rings. The molecule has 1 aromatic heterocycles. The highest BCUT2D eigenvalue weighted by Crippen LogP contribution is 2.24. The molecule has 0 aliphatic carbocycles. The summed E-state index contributed by atoms with van der Waals surface area (Å²) in [6.45, 7) is 12.8. The maximum atomic E-state index is 13.0. The van der Waals surface area contributed by atoms with Crippen LogP contribution in [0.15, 0.2) is 36.5 Å². The minimum absolute atomic E-state index is 0.0925. The molecule has 0 radical (unpaired) electrons. The lowest BCUT2D eigenvalue weighted by Crippen LogP contribution is -2.49. The van der Waals surface area contributed by atoms with Crippen LogP contribution < -0.4 is 10.2 Å². The van der Waals surface area contributed by atoms with E-state index in [1.54, 1.807) is 6.20 Å². The zero-order chi connectivity index (χ0) is 20.1. The third-order valence-electron chi connectivity index (χ3n) is 5.52. The van der Waals surface area contributed by atoms with Crippen molar-refractivity contribution in [1.82, 2.24) is 9.88 Å². The van der Waals surface area contributed by atoms with Gasteiger partial charge in [0.05, 0.1) is 0 Å². The minimum Gasteiger partial charge on any atom is -0.370 e. The molecule has 0 atom stereocenters. The molecule has 150 valence electrons. The molecule has 2 heterocycles. The summed E-state index contributed by atoms with van der Waals surface area (Å²) in [4.78, 5) is 21.6. The number of benzene rings is 1. The van der Waals surface area contributed by atoms with Gasteiger partial charge in [-0.3, -0.25) is 4.79 Å². The van der Waals surface area contributed by atoms with Crippen molar-refractivity contribution >= 4 is 17.4 Å². The van der Waals surface area contributed by atoms with E-state index in [1.165, 1.54) is 16.8 Å². The molecular weight excluding hydrogens is 348 g/mol. The first-order chi connectivity index (χ1) is 13.5. The summed E-state index contributed by atoms with van der Waals surface area (Å²) in [6.07, 6.45) is 2.80. The van der Waals surface area contributed by atoms with Crippen molar-refractivity contribution in [3.05, 3.63) is 53.2 Å². The summed E-state index contributed by atoms with van der Waals surface area (Å²) in [5.74, 6) is 1.51. The van der Waals surface area contributed by atoms with Gasteiger partial charge < -0.3 is 15.1 Å². The molecule has 1 N–H and O–H groups in total. The van der Waals surface area contributed by atoms with E-state index in [4.69, 9.17) is 0 Å². The predicted molar refractivity (Wildman–Crippen MR) is 116 cm³/mol. The third-order valence-corrected chi connectivity index (χ3v) is 5.52. The second kappa shape index (κ2) is 9.09. The summed E-state index contributed by atoms with van der Waals surface area (Å²) in [5, 5.41) is 3.32. The monoisotopic (exact) mass is 380 g/mol. The smallest absolute Gasteiger partial charge is 0.254 e. The van der Waals surface area contributed by atoms with Crippen molar-refractivity contribution in [3.63, 3.8) is 0 Å². The summed E-state index contributed by atoms with van der Waals surface area (Å²) in [6, 6.07) is 10.1. The average molecular weight is 381 g/mol. The van der Waals surface area contributed by atoms with Crippen LogP contribution in [0.1, 0.15) is 41.8 Å². The number of piperazine rings is 1. The van der Waals surface area contributed by atoms with Crippen molar-refractivity contribution < 1.29 is 4.79 Å². The Morgan fingerprint density at radius 1 is 1.14 bits per heavy atom. The molecule has 0 bridgehead atoms. The molecule has 0 spiro atoms. The van der Waals surface area contributed by atoms with Crippen LogP contribution >= 0.6 is 0 Å². The number of hydrogen-bond acceptors (Lipinski definition) is 4. The Kier molecular flexibility index (Phi) is 6.55. The minimum atomic E-state index is 0.0925. The molecule has 1 amide bonds. The Morgan fingerprint density at radius 3 is 2.61 bits per heavy atom. The standard InChI is InChI=1S/C23H32N4O/c1-17(2)8-10-24-22-16-20(9-11-25-22)23(28)27-14-12-26(13-15-27)21-7-5-6-18(3)19(21)4/h5-7,9,11,16-17H,8,10,12-15H2,1-4H3,(H,24,25). The Morgan fingerprint density at radius 2 is 1.89 bits per heavy atom. The number of carbonyl (C=O) groups is 1. The fourth-order valence-corrected chi connectivity index (χ4v) is 3.56. The number of aromatic nitrogens is 1. The van der Waals surface area contributed by atoms with Crippen LogP contribution in [0.4, 0.5) is 11.5 Å². The highest BCUT2D eigenvalue weighted by atomic mass is 16.2. The average Bonchev–Trinajstić information content (AvgIpc) is 2.70. The van der Waals surface area contributed by atoms with Gasteiger partial charge in [0.15, 0.2) is 0 Å². The highest BCUT2D eigenvalue weighted by molar-refractivity contribution is 5.95. The fraction of sp³-hybridized carbons (Fsp3) is 0.478. The number of nitrogens with one attached hydrogen (secondary N) is 1. The number of carbonyl (C=O) groups excluding carboxylic acids is 1. The van der Waals surface area contributed by atoms with Crippen molar-refractivity contribution in [2.75, 3.05) is 42.9 Å². The maximum Gasteiger partial charge on any atom is 0.254 e. The zero-order valence-electron chi connectivity index (χ0n) is 17.5. The highest BCUT2D eigenvalue weighted by Gasteiger charge is 2.23. The van der Waals surface area contributed by atoms with Crippen LogP contribution in [0, 0.1) is 19.8 Å². The Labute approximate surface area is 168 Å². The summed E-state index contributed by atoms with van der Waals surface area (Å²) >= 11 is 0. The third kappa shape index (κ3) is 4.83. The van der Waals surface area contributed by atoms with E-state index in [-0.39, 0.29) is 5.91 Å². The summed E-state index contributed by atoms with van der Waals surface area (Å²) in [7, 11) is 0. The second-order valence-corrected chi connectivity index (χ2v) is 8.04.